The van der Waals surface area contributed by atoms with E-state index in [-0.39, 0.29) is 22.9 Å². The van der Waals surface area contributed by atoms with Crippen molar-refractivity contribution in [1.82, 2.24) is 0 Å². The Bertz CT molecular complexity index is 645. The van der Waals surface area contributed by atoms with Crippen LogP contribution in [0.1, 0.15) is 33.2 Å². The average Bonchev–Trinajstić information content (AvgIpc) is 2.39. The van der Waals surface area contributed by atoms with E-state index in [4.69, 9.17) is 11.6 Å². The lowest BCUT2D eigenvalue weighted by molar-refractivity contribution is 0.101. The Balaban J connectivity index is 2.46. The molecule has 0 bridgehead atoms. The zero-order chi connectivity index (χ0) is 14.0. The van der Waals surface area contributed by atoms with Crippen LogP contribution < -0.4 is 0 Å². The molecule has 0 unspecified atom stereocenters. The van der Waals surface area contributed by atoms with Gasteiger partial charge in [-0.2, -0.15) is 0 Å². The minimum Gasteiger partial charge on any atom is -0.507 e. The highest BCUT2D eigenvalue weighted by molar-refractivity contribution is 6.30. The number of Topliss-reactive ketones (excluding diaryl/α,β-unsaturated/α-hetero) is 1. The van der Waals surface area contributed by atoms with E-state index in [0.717, 1.165) is 0 Å². The molecule has 0 aromatic heterocycles. The number of rotatable bonds is 3. The van der Waals surface area contributed by atoms with Crippen LogP contribution in [0.5, 0.6) is 5.75 Å². The fourth-order valence-electron chi connectivity index (χ4n) is 1.69. The number of phenolic OH excluding ortho intramolecular Hbond substituents is 1. The zero-order valence-corrected chi connectivity index (χ0v) is 10.9. The maximum atomic E-state index is 12.2. The van der Waals surface area contributed by atoms with Gasteiger partial charge in [0.1, 0.15) is 5.75 Å². The molecule has 0 spiro atoms. The second-order valence-electron chi connectivity index (χ2n) is 4.12. The van der Waals surface area contributed by atoms with Crippen LogP contribution in [0, 0.1) is 0 Å². The van der Waals surface area contributed by atoms with E-state index < -0.39 is 0 Å². The minimum absolute atomic E-state index is 0.107. The lowest BCUT2D eigenvalue weighted by Gasteiger charge is -2.06. The highest BCUT2D eigenvalue weighted by Crippen LogP contribution is 2.23. The van der Waals surface area contributed by atoms with Crippen molar-refractivity contribution in [2.24, 2.45) is 0 Å². The van der Waals surface area contributed by atoms with Crippen molar-refractivity contribution in [2.75, 3.05) is 0 Å². The summed E-state index contributed by atoms with van der Waals surface area (Å²) in [6.07, 6.45) is 0. The molecule has 96 valence electrons. The summed E-state index contributed by atoms with van der Waals surface area (Å²) in [7, 11) is 0. The predicted octanol–water partition coefficient (Wildman–Crippen LogP) is 3.48. The van der Waals surface area contributed by atoms with Crippen molar-refractivity contribution < 1.29 is 14.7 Å². The summed E-state index contributed by atoms with van der Waals surface area (Å²) >= 11 is 5.76. The van der Waals surface area contributed by atoms with Crippen molar-refractivity contribution in [3.63, 3.8) is 0 Å². The number of halogens is 1. The van der Waals surface area contributed by atoms with E-state index in [9.17, 15) is 14.7 Å². The lowest BCUT2D eigenvalue weighted by atomic mass is 9.99. The molecule has 2 aromatic rings. The van der Waals surface area contributed by atoms with Crippen molar-refractivity contribution >= 4 is 23.2 Å². The van der Waals surface area contributed by atoms with E-state index >= 15 is 0 Å². The molecule has 0 saturated heterocycles. The maximum Gasteiger partial charge on any atom is 0.196 e. The molecular formula is C15H11ClO3. The van der Waals surface area contributed by atoms with Crippen molar-refractivity contribution in [2.45, 2.75) is 6.92 Å². The maximum absolute atomic E-state index is 12.2. The lowest BCUT2D eigenvalue weighted by Crippen LogP contribution is -2.03. The monoisotopic (exact) mass is 274 g/mol. The van der Waals surface area contributed by atoms with Gasteiger partial charge >= 0.3 is 0 Å². The smallest absolute Gasteiger partial charge is 0.196 e. The van der Waals surface area contributed by atoms with Crippen molar-refractivity contribution in [1.29, 1.82) is 0 Å². The quantitative estimate of drug-likeness (QED) is 0.872. The van der Waals surface area contributed by atoms with Crippen LogP contribution >= 0.6 is 11.6 Å². The van der Waals surface area contributed by atoms with Gasteiger partial charge in [-0.3, -0.25) is 9.59 Å². The molecule has 0 aliphatic heterocycles. The van der Waals surface area contributed by atoms with Crippen LogP contribution in [0.4, 0.5) is 0 Å². The zero-order valence-electron chi connectivity index (χ0n) is 10.2. The molecule has 0 atom stereocenters. The van der Waals surface area contributed by atoms with Crippen molar-refractivity contribution in [3.8, 4) is 5.75 Å². The molecule has 0 radical (unpaired) electrons. The van der Waals surface area contributed by atoms with Crippen molar-refractivity contribution in [3.05, 3.63) is 64.2 Å². The number of carbonyl (C=O) groups excluding carboxylic acids is 2. The minimum atomic E-state index is -0.350. The first-order valence-corrected chi connectivity index (χ1v) is 6.01. The van der Waals surface area contributed by atoms with Gasteiger partial charge in [0.15, 0.2) is 11.6 Å². The number of aromatic hydroxyl groups is 1. The summed E-state index contributed by atoms with van der Waals surface area (Å²) in [5, 5.41) is 10.3. The molecule has 0 fully saturated rings. The average molecular weight is 275 g/mol. The predicted molar refractivity (Wildman–Crippen MR) is 73.0 cm³/mol. The van der Waals surface area contributed by atoms with E-state index in [1.165, 1.54) is 25.1 Å². The molecule has 0 aliphatic carbocycles. The molecular weight excluding hydrogens is 264 g/mol. The molecule has 0 heterocycles. The third kappa shape index (κ3) is 2.83. The first kappa shape index (κ1) is 13.3. The van der Waals surface area contributed by atoms with Crippen LogP contribution in [0.25, 0.3) is 0 Å². The largest absolute Gasteiger partial charge is 0.507 e. The van der Waals surface area contributed by atoms with Gasteiger partial charge in [0, 0.05) is 16.1 Å². The molecule has 2 rings (SSSR count). The molecule has 1 N–H and O–H groups in total. The normalized spacial score (nSPS) is 10.2. The van der Waals surface area contributed by atoms with E-state index in [1.54, 1.807) is 24.3 Å². The highest BCUT2D eigenvalue weighted by atomic mass is 35.5. The van der Waals surface area contributed by atoms with Gasteiger partial charge < -0.3 is 5.11 Å². The van der Waals surface area contributed by atoms with Gasteiger partial charge in [-0.15, -0.1) is 0 Å². The van der Waals surface area contributed by atoms with E-state index in [2.05, 4.69) is 0 Å². The Morgan fingerprint density at radius 1 is 1.00 bits per heavy atom. The molecule has 3 nitrogen and oxygen atoms in total. The fraction of sp³-hybridized carbons (Fsp3) is 0.0667. The Kier molecular flexibility index (Phi) is 3.67. The molecule has 19 heavy (non-hydrogen) atoms. The van der Waals surface area contributed by atoms with Gasteiger partial charge in [-0.25, -0.2) is 0 Å². The van der Waals surface area contributed by atoms with Gasteiger partial charge in [-0.1, -0.05) is 11.6 Å². The summed E-state index contributed by atoms with van der Waals surface area (Å²) in [5.74, 6) is -0.660. The Labute approximate surface area is 115 Å². The number of hydrogen-bond acceptors (Lipinski definition) is 3. The first-order valence-electron chi connectivity index (χ1n) is 5.63. The number of hydrogen-bond donors (Lipinski definition) is 1. The van der Waals surface area contributed by atoms with Gasteiger partial charge in [-0.05, 0) is 49.4 Å². The Morgan fingerprint density at radius 3 is 2.16 bits per heavy atom. The van der Waals surface area contributed by atoms with E-state index in [1.807, 2.05) is 0 Å². The molecule has 0 aliphatic rings. The molecule has 0 saturated carbocycles. The highest BCUT2D eigenvalue weighted by Gasteiger charge is 2.15. The molecule has 0 amide bonds. The van der Waals surface area contributed by atoms with Gasteiger partial charge in [0.2, 0.25) is 0 Å². The molecule has 4 heteroatoms. The summed E-state index contributed by atoms with van der Waals surface area (Å²) in [4.78, 5) is 23.5. The first-order chi connectivity index (χ1) is 8.99. The van der Waals surface area contributed by atoms with Crippen LogP contribution in [-0.2, 0) is 0 Å². The van der Waals surface area contributed by atoms with Crippen LogP contribution in [0.15, 0.2) is 42.5 Å². The Hall–Kier alpha value is -2.13. The number of phenols is 1. The number of ketones is 2. The second-order valence-corrected chi connectivity index (χ2v) is 4.56. The van der Waals surface area contributed by atoms with Gasteiger partial charge in [0.05, 0.1) is 5.56 Å². The SMILES string of the molecule is CC(=O)c1ccc(O)c(C(=O)c2ccc(Cl)cc2)c1. The molecule has 2 aromatic carbocycles. The second kappa shape index (κ2) is 5.24. The third-order valence-electron chi connectivity index (χ3n) is 2.75. The topological polar surface area (TPSA) is 54.4 Å². The number of benzene rings is 2. The standard InChI is InChI=1S/C15H11ClO3/c1-9(17)11-4-7-14(18)13(8-11)15(19)10-2-5-12(16)6-3-10/h2-8,18H,1H3. The summed E-state index contributed by atoms with van der Waals surface area (Å²) < 4.78 is 0. The van der Waals surface area contributed by atoms with Gasteiger partial charge in [0.25, 0.3) is 0 Å². The van der Waals surface area contributed by atoms with Crippen LogP contribution in [0.2, 0.25) is 5.02 Å². The summed E-state index contributed by atoms with van der Waals surface area (Å²) in [6.45, 7) is 1.41. The summed E-state index contributed by atoms with van der Waals surface area (Å²) in [5.41, 5.74) is 0.894. The Morgan fingerprint density at radius 2 is 1.58 bits per heavy atom. The van der Waals surface area contributed by atoms with Crippen LogP contribution in [0.3, 0.4) is 0 Å². The fourth-order valence-corrected chi connectivity index (χ4v) is 1.82. The third-order valence-corrected chi connectivity index (χ3v) is 3.01. The summed E-state index contributed by atoms with van der Waals surface area (Å²) in [6, 6.07) is 10.6. The van der Waals surface area contributed by atoms with E-state index in [0.29, 0.717) is 16.1 Å². The van der Waals surface area contributed by atoms with Crippen LogP contribution in [-0.4, -0.2) is 16.7 Å². The number of carbonyl (C=O) groups is 2.